The maximum absolute atomic E-state index is 12.3. The molecule has 1 aromatic rings. The number of non-ortho nitro benzene ring substituents is 1. The van der Waals surface area contributed by atoms with Gasteiger partial charge in [-0.2, -0.15) is 0 Å². The number of rotatable bonds is 4. The number of amides is 1. The lowest BCUT2D eigenvalue weighted by atomic mass is 9.89. The number of carbonyl (C=O) groups excluding carboxylic acids is 2. The summed E-state index contributed by atoms with van der Waals surface area (Å²) in [6.07, 6.45) is 0.0467. The van der Waals surface area contributed by atoms with E-state index < -0.39 is 22.5 Å². The number of benzene rings is 1. The quantitative estimate of drug-likeness (QED) is 0.601. The summed E-state index contributed by atoms with van der Waals surface area (Å²) in [5.74, 6) is 0.0586. The highest BCUT2D eigenvalue weighted by Gasteiger charge is 2.33. The third-order valence-corrected chi connectivity index (χ3v) is 4.12. The van der Waals surface area contributed by atoms with Gasteiger partial charge in [0.2, 0.25) is 0 Å². The van der Waals surface area contributed by atoms with Crippen LogP contribution < -0.4 is 4.74 Å². The number of piperidine rings is 1. The van der Waals surface area contributed by atoms with Crippen LogP contribution in [-0.2, 0) is 16.0 Å². The van der Waals surface area contributed by atoms with Crippen LogP contribution in [0.25, 0.3) is 0 Å². The molecule has 1 amide bonds. The van der Waals surface area contributed by atoms with Crippen LogP contribution >= 0.6 is 0 Å². The van der Waals surface area contributed by atoms with Crippen LogP contribution in [0, 0.1) is 16.0 Å². The Balaban J connectivity index is 2.17. The summed E-state index contributed by atoms with van der Waals surface area (Å²) in [7, 11) is 1.47. The van der Waals surface area contributed by atoms with Crippen molar-refractivity contribution in [2.45, 2.75) is 39.2 Å². The number of nitrogens with zero attached hydrogens (tertiary/aromatic N) is 2. The van der Waals surface area contributed by atoms with Crippen LogP contribution in [0.4, 0.5) is 10.5 Å². The summed E-state index contributed by atoms with van der Waals surface area (Å²) in [5, 5.41) is 11.0. The molecule has 142 valence electrons. The van der Waals surface area contributed by atoms with Gasteiger partial charge < -0.3 is 14.4 Å². The monoisotopic (exact) mass is 364 g/mol. The average Bonchev–Trinajstić information content (AvgIpc) is 2.55. The molecule has 0 aliphatic carbocycles. The first-order valence-electron chi connectivity index (χ1n) is 8.42. The Bertz CT molecular complexity index is 710. The first kappa shape index (κ1) is 19.7. The van der Waals surface area contributed by atoms with Crippen molar-refractivity contribution in [3.63, 3.8) is 0 Å². The number of ether oxygens (including phenoxy) is 2. The molecule has 0 N–H and O–H groups in total. The summed E-state index contributed by atoms with van der Waals surface area (Å²) < 4.78 is 10.6. The first-order chi connectivity index (χ1) is 12.1. The van der Waals surface area contributed by atoms with Crippen LogP contribution in [0.1, 0.15) is 32.8 Å². The second-order valence-corrected chi connectivity index (χ2v) is 7.30. The van der Waals surface area contributed by atoms with Gasteiger partial charge in [-0.05, 0) is 33.3 Å². The summed E-state index contributed by atoms with van der Waals surface area (Å²) in [4.78, 5) is 36.6. The molecular weight excluding hydrogens is 340 g/mol. The number of hydrogen-bond acceptors (Lipinski definition) is 6. The normalized spacial score (nSPS) is 17.8. The topological polar surface area (TPSA) is 99.0 Å². The Morgan fingerprint density at radius 1 is 1.38 bits per heavy atom. The summed E-state index contributed by atoms with van der Waals surface area (Å²) in [6.45, 7) is 5.89. The van der Waals surface area contributed by atoms with Crippen molar-refractivity contribution in [3.05, 3.63) is 33.9 Å². The maximum atomic E-state index is 12.3. The molecular formula is C18H24N2O6. The summed E-state index contributed by atoms with van der Waals surface area (Å²) in [6, 6.07) is 4.29. The molecule has 1 unspecified atom stereocenters. The minimum Gasteiger partial charge on any atom is -0.496 e. The zero-order valence-corrected chi connectivity index (χ0v) is 15.5. The summed E-state index contributed by atoms with van der Waals surface area (Å²) in [5.41, 5.74) is -0.101. The van der Waals surface area contributed by atoms with Gasteiger partial charge >= 0.3 is 6.09 Å². The smallest absolute Gasteiger partial charge is 0.410 e. The second-order valence-electron chi connectivity index (χ2n) is 7.30. The van der Waals surface area contributed by atoms with Gasteiger partial charge in [-0.25, -0.2) is 4.79 Å². The van der Waals surface area contributed by atoms with Gasteiger partial charge in [0.25, 0.3) is 5.69 Å². The molecule has 1 heterocycles. The largest absolute Gasteiger partial charge is 0.496 e. The Labute approximate surface area is 152 Å². The van der Waals surface area contributed by atoms with Crippen LogP contribution in [-0.4, -0.2) is 47.5 Å². The number of likely N-dealkylation sites (tertiary alicyclic amines) is 1. The minimum absolute atomic E-state index is 0.0263. The molecule has 0 spiro atoms. The van der Waals surface area contributed by atoms with E-state index in [1.54, 1.807) is 20.8 Å². The molecule has 0 aromatic heterocycles. The highest BCUT2D eigenvalue weighted by atomic mass is 16.6. The van der Waals surface area contributed by atoms with E-state index in [1.165, 1.54) is 30.2 Å². The molecule has 8 nitrogen and oxygen atoms in total. The van der Waals surface area contributed by atoms with Crippen molar-refractivity contribution in [1.82, 2.24) is 4.90 Å². The van der Waals surface area contributed by atoms with Crippen molar-refractivity contribution < 1.29 is 24.0 Å². The lowest BCUT2D eigenvalue weighted by Gasteiger charge is -2.33. The van der Waals surface area contributed by atoms with E-state index in [0.29, 0.717) is 17.9 Å². The van der Waals surface area contributed by atoms with Crippen molar-refractivity contribution >= 4 is 17.6 Å². The van der Waals surface area contributed by atoms with Crippen molar-refractivity contribution in [2.24, 2.45) is 5.92 Å². The third-order valence-electron chi connectivity index (χ3n) is 4.12. The van der Waals surface area contributed by atoms with E-state index in [0.717, 1.165) is 0 Å². The number of Topliss-reactive ketones (excluding diaryl/α,β-unsaturated/α-hetero) is 1. The van der Waals surface area contributed by atoms with Gasteiger partial charge in [-0.15, -0.1) is 0 Å². The molecule has 1 atom stereocenters. The van der Waals surface area contributed by atoms with Crippen molar-refractivity contribution in [1.29, 1.82) is 0 Å². The Morgan fingerprint density at radius 3 is 2.65 bits per heavy atom. The Morgan fingerprint density at radius 2 is 2.08 bits per heavy atom. The number of carbonyl (C=O) groups is 2. The molecule has 1 aliphatic heterocycles. The Kier molecular flexibility index (Phi) is 5.84. The van der Waals surface area contributed by atoms with Crippen LogP contribution in [0.3, 0.4) is 0 Å². The van der Waals surface area contributed by atoms with Gasteiger partial charge in [0.15, 0.2) is 0 Å². The number of methoxy groups -OCH3 is 1. The minimum atomic E-state index is -0.614. The van der Waals surface area contributed by atoms with Gasteiger partial charge in [0.1, 0.15) is 17.1 Å². The molecule has 1 aromatic carbocycles. The van der Waals surface area contributed by atoms with E-state index in [2.05, 4.69) is 0 Å². The highest BCUT2D eigenvalue weighted by Crippen LogP contribution is 2.28. The van der Waals surface area contributed by atoms with Crippen molar-refractivity contribution in [2.75, 3.05) is 20.2 Å². The molecule has 1 aliphatic rings. The van der Waals surface area contributed by atoms with Gasteiger partial charge in [-0.3, -0.25) is 14.9 Å². The lowest BCUT2D eigenvalue weighted by molar-refractivity contribution is -0.384. The maximum Gasteiger partial charge on any atom is 0.410 e. The highest BCUT2D eigenvalue weighted by molar-refractivity contribution is 5.84. The van der Waals surface area contributed by atoms with Crippen LogP contribution in [0.5, 0.6) is 5.75 Å². The molecule has 2 rings (SSSR count). The number of nitro groups is 1. The number of ketones is 1. The fourth-order valence-electron chi connectivity index (χ4n) is 2.88. The van der Waals surface area contributed by atoms with Gasteiger partial charge in [-0.1, -0.05) is 0 Å². The van der Waals surface area contributed by atoms with Crippen LogP contribution in [0.2, 0.25) is 0 Å². The predicted molar refractivity (Wildman–Crippen MR) is 94.3 cm³/mol. The van der Waals surface area contributed by atoms with Gasteiger partial charge in [0.05, 0.1) is 12.0 Å². The zero-order valence-electron chi connectivity index (χ0n) is 15.5. The van der Waals surface area contributed by atoms with E-state index in [9.17, 15) is 19.7 Å². The molecule has 8 heteroatoms. The fourth-order valence-corrected chi connectivity index (χ4v) is 2.88. The molecule has 0 radical (unpaired) electrons. The van der Waals surface area contributed by atoms with Crippen molar-refractivity contribution in [3.8, 4) is 5.75 Å². The molecule has 0 bridgehead atoms. The molecule has 26 heavy (non-hydrogen) atoms. The first-order valence-corrected chi connectivity index (χ1v) is 8.42. The van der Waals surface area contributed by atoms with E-state index in [-0.39, 0.29) is 30.9 Å². The molecule has 1 fully saturated rings. The van der Waals surface area contributed by atoms with Crippen LogP contribution in [0.15, 0.2) is 18.2 Å². The number of hydrogen-bond donors (Lipinski definition) is 0. The zero-order chi connectivity index (χ0) is 19.5. The lowest BCUT2D eigenvalue weighted by Crippen LogP contribution is -2.46. The summed E-state index contributed by atoms with van der Waals surface area (Å²) >= 11 is 0. The van der Waals surface area contributed by atoms with E-state index in [1.807, 2.05) is 0 Å². The van der Waals surface area contributed by atoms with Gasteiger partial charge in [0, 0.05) is 43.1 Å². The average molecular weight is 364 g/mol. The predicted octanol–water partition coefficient (Wildman–Crippen LogP) is 2.97. The standard InChI is InChI=1S/C18H24N2O6/c1-18(2,3)26-17(22)19-8-7-15(21)13(11-19)9-12-10-14(20(23)24)5-6-16(12)25-4/h5-6,10,13H,7-9,11H2,1-4H3. The Hall–Kier alpha value is -2.64. The SMILES string of the molecule is COc1ccc([N+](=O)[O-])cc1CC1CN(C(=O)OC(C)(C)C)CCC1=O. The third kappa shape index (κ3) is 4.93. The molecule has 0 saturated carbocycles. The van der Waals surface area contributed by atoms with E-state index in [4.69, 9.17) is 9.47 Å². The number of nitro benzene ring substituents is 1. The second kappa shape index (κ2) is 7.72. The fraction of sp³-hybridized carbons (Fsp3) is 0.556. The molecule has 1 saturated heterocycles. The van der Waals surface area contributed by atoms with E-state index >= 15 is 0 Å².